The first-order valence-corrected chi connectivity index (χ1v) is 13.0. The van der Waals surface area contributed by atoms with Crippen molar-refractivity contribution >= 4 is 34.1 Å². The molecule has 0 bridgehead atoms. The summed E-state index contributed by atoms with van der Waals surface area (Å²) in [6, 6.07) is 10.8. The molecule has 5 rings (SSSR count). The average molecular weight is 465 g/mol. The Morgan fingerprint density at radius 2 is 2.03 bits per heavy atom. The lowest BCUT2D eigenvalue weighted by Gasteiger charge is -2.49. The Balaban J connectivity index is 1.41. The smallest absolute Gasteiger partial charge is 0.306 e. The van der Waals surface area contributed by atoms with Crippen molar-refractivity contribution in [2.24, 2.45) is 11.8 Å². The first kappa shape index (κ1) is 22.2. The summed E-state index contributed by atoms with van der Waals surface area (Å²) >= 11 is 1.73. The number of H-pyrrole nitrogens is 1. The number of amides is 1. The molecule has 3 aromatic rings. The highest BCUT2D eigenvalue weighted by atomic mass is 32.1. The van der Waals surface area contributed by atoms with Crippen LogP contribution in [0.3, 0.4) is 0 Å². The van der Waals surface area contributed by atoms with Crippen molar-refractivity contribution < 1.29 is 14.7 Å². The van der Waals surface area contributed by atoms with Crippen molar-refractivity contribution in [2.75, 3.05) is 0 Å². The van der Waals surface area contributed by atoms with Gasteiger partial charge in [0, 0.05) is 46.0 Å². The Morgan fingerprint density at radius 1 is 1.18 bits per heavy atom. The van der Waals surface area contributed by atoms with Crippen LogP contribution >= 0.6 is 11.3 Å². The Bertz CT molecular complexity index is 1150. The van der Waals surface area contributed by atoms with Gasteiger partial charge in [-0.2, -0.15) is 0 Å². The van der Waals surface area contributed by atoms with Crippen LogP contribution in [0.2, 0.25) is 0 Å². The molecule has 2 fully saturated rings. The number of fused-ring (bicyclic) bond motifs is 2. The number of nitrogens with one attached hydrogen (secondary N) is 1. The fraction of sp³-hybridized carbons (Fsp3) is 0.481. The van der Waals surface area contributed by atoms with Crippen molar-refractivity contribution in [2.45, 2.75) is 70.4 Å². The monoisotopic (exact) mass is 464 g/mol. The molecular weight excluding hydrogens is 432 g/mol. The lowest BCUT2D eigenvalue weighted by molar-refractivity contribution is -0.154. The number of carboxylic acid groups (broad SMARTS) is 1. The minimum Gasteiger partial charge on any atom is -0.481 e. The number of hydrogen-bond donors (Lipinski definition) is 2. The van der Waals surface area contributed by atoms with E-state index in [1.165, 1.54) is 21.4 Å². The van der Waals surface area contributed by atoms with Crippen LogP contribution in [0, 0.1) is 11.8 Å². The zero-order valence-electron chi connectivity index (χ0n) is 19.3. The van der Waals surface area contributed by atoms with Gasteiger partial charge in [0.25, 0.3) is 0 Å². The first-order valence-electron chi connectivity index (χ1n) is 12.1. The highest BCUT2D eigenvalue weighted by molar-refractivity contribution is 7.13. The molecule has 6 heteroatoms. The third-order valence-corrected chi connectivity index (χ3v) is 8.82. The molecule has 4 unspecified atom stereocenters. The maximum atomic E-state index is 13.7. The van der Waals surface area contributed by atoms with E-state index in [1.54, 1.807) is 11.3 Å². The number of nitrogens with zero attached hydrogens (tertiary/aromatic N) is 1. The van der Waals surface area contributed by atoms with E-state index in [1.807, 2.05) is 0 Å². The number of piperidine rings is 1. The summed E-state index contributed by atoms with van der Waals surface area (Å²) in [5.74, 6) is -0.686. The number of carbonyl (C=O) groups is 2. The summed E-state index contributed by atoms with van der Waals surface area (Å²) in [6.45, 7) is 4.27. The molecule has 0 radical (unpaired) electrons. The second kappa shape index (κ2) is 8.98. The number of carbonyl (C=O) groups excluding carboxylic acids is 1. The molecule has 1 aliphatic heterocycles. The molecule has 5 nitrogen and oxygen atoms in total. The summed E-state index contributed by atoms with van der Waals surface area (Å²) in [5, 5.41) is 13.0. The zero-order valence-corrected chi connectivity index (χ0v) is 20.1. The molecule has 1 aromatic carbocycles. The SMILES string of the molecule is CC1CCC2C(C(=O)O)CCCC2N1C(=O)C[C@H](C)c1c[nH]c2cccc(-c3cccs3)c12. The standard InChI is InChI=1S/C27H32N2O3S/c1-16(21-15-28-22-8-3-7-20(26(21)22)24-10-5-13-33-24)14-25(30)29-17(2)11-12-18-19(27(31)32)6-4-9-23(18)29/h3,5,7-8,10,13,15-19,23,28H,4,6,9,11-12,14H2,1-2H3,(H,31,32)/t16-,17?,18?,19?,23?/m0/s1. The molecule has 2 aromatic heterocycles. The van der Waals surface area contributed by atoms with Gasteiger partial charge in [0.2, 0.25) is 5.91 Å². The zero-order chi connectivity index (χ0) is 23.1. The van der Waals surface area contributed by atoms with Crippen LogP contribution in [0.15, 0.2) is 41.9 Å². The second-order valence-corrected chi connectivity index (χ2v) is 10.8. The molecule has 2 N–H and O–H groups in total. The van der Waals surface area contributed by atoms with Gasteiger partial charge in [0.1, 0.15) is 0 Å². The van der Waals surface area contributed by atoms with Crippen molar-refractivity contribution in [3.05, 3.63) is 47.5 Å². The largest absolute Gasteiger partial charge is 0.481 e. The van der Waals surface area contributed by atoms with Crippen molar-refractivity contribution in [3.63, 3.8) is 0 Å². The van der Waals surface area contributed by atoms with Gasteiger partial charge in [-0.15, -0.1) is 11.3 Å². The number of aromatic nitrogens is 1. The maximum Gasteiger partial charge on any atom is 0.306 e. The molecule has 33 heavy (non-hydrogen) atoms. The lowest BCUT2D eigenvalue weighted by atomic mass is 9.70. The normalized spacial score (nSPS) is 26.2. The van der Waals surface area contributed by atoms with Crippen LogP contribution in [0.4, 0.5) is 0 Å². The van der Waals surface area contributed by atoms with Crippen molar-refractivity contribution in [1.29, 1.82) is 0 Å². The van der Waals surface area contributed by atoms with Gasteiger partial charge in [-0.1, -0.05) is 31.5 Å². The Morgan fingerprint density at radius 3 is 2.79 bits per heavy atom. The number of aromatic amines is 1. The van der Waals surface area contributed by atoms with Crippen LogP contribution in [0.1, 0.15) is 63.9 Å². The Kier molecular flexibility index (Phi) is 6.04. The van der Waals surface area contributed by atoms with E-state index in [4.69, 9.17) is 0 Å². The van der Waals surface area contributed by atoms with E-state index in [2.05, 4.69) is 65.6 Å². The summed E-state index contributed by atoms with van der Waals surface area (Å²) < 4.78 is 0. The summed E-state index contributed by atoms with van der Waals surface area (Å²) in [6.07, 6.45) is 6.85. The fourth-order valence-electron chi connectivity index (χ4n) is 6.33. The molecule has 2 aliphatic rings. The predicted octanol–water partition coefficient (Wildman–Crippen LogP) is 6.27. The molecule has 1 saturated carbocycles. The Hall–Kier alpha value is -2.60. The highest BCUT2D eigenvalue weighted by Gasteiger charge is 2.45. The van der Waals surface area contributed by atoms with Crippen LogP contribution in [0.5, 0.6) is 0 Å². The molecule has 5 atom stereocenters. The van der Waals surface area contributed by atoms with Gasteiger partial charge in [0.05, 0.1) is 5.92 Å². The fourth-order valence-corrected chi connectivity index (χ4v) is 7.09. The van der Waals surface area contributed by atoms with Crippen LogP contribution < -0.4 is 0 Å². The lowest BCUT2D eigenvalue weighted by Crippen LogP contribution is -2.56. The van der Waals surface area contributed by atoms with E-state index in [9.17, 15) is 14.7 Å². The molecule has 3 heterocycles. The van der Waals surface area contributed by atoms with Gasteiger partial charge in [0.15, 0.2) is 0 Å². The summed E-state index contributed by atoms with van der Waals surface area (Å²) in [4.78, 5) is 32.2. The second-order valence-electron chi connectivity index (χ2n) is 9.89. The van der Waals surface area contributed by atoms with Crippen LogP contribution in [0.25, 0.3) is 21.3 Å². The van der Waals surface area contributed by atoms with E-state index in [0.717, 1.165) is 37.6 Å². The van der Waals surface area contributed by atoms with Gasteiger partial charge >= 0.3 is 5.97 Å². The molecule has 1 saturated heterocycles. The maximum absolute atomic E-state index is 13.7. The van der Waals surface area contributed by atoms with E-state index >= 15 is 0 Å². The third kappa shape index (κ3) is 3.99. The Labute approximate surface area is 198 Å². The third-order valence-electron chi connectivity index (χ3n) is 7.92. The van der Waals surface area contributed by atoms with E-state index in [-0.39, 0.29) is 35.7 Å². The van der Waals surface area contributed by atoms with E-state index < -0.39 is 5.97 Å². The van der Waals surface area contributed by atoms with Crippen LogP contribution in [-0.4, -0.2) is 39.0 Å². The number of thiophene rings is 1. The number of carboxylic acids is 1. The van der Waals surface area contributed by atoms with Gasteiger partial charge < -0.3 is 15.0 Å². The average Bonchev–Trinajstić information content (AvgIpc) is 3.48. The summed E-state index contributed by atoms with van der Waals surface area (Å²) in [5.41, 5.74) is 3.48. The molecule has 0 spiro atoms. The number of benzene rings is 1. The number of aliphatic carboxylic acids is 1. The van der Waals surface area contributed by atoms with Gasteiger partial charge in [-0.25, -0.2) is 0 Å². The summed E-state index contributed by atoms with van der Waals surface area (Å²) in [7, 11) is 0. The first-order chi connectivity index (χ1) is 16.0. The highest BCUT2D eigenvalue weighted by Crippen LogP contribution is 2.43. The topological polar surface area (TPSA) is 73.4 Å². The number of likely N-dealkylation sites (tertiary alicyclic amines) is 1. The number of rotatable bonds is 5. The van der Waals surface area contributed by atoms with Crippen LogP contribution in [-0.2, 0) is 9.59 Å². The van der Waals surface area contributed by atoms with Gasteiger partial charge in [-0.3, -0.25) is 9.59 Å². The number of hydrogen-bond acceptors (Lipinski definition) is 3. The molecule has 1 aliphatic carbocycles. The quantitative estimate of drug-likeness (QED) is 0.467. The van der Waals surface area contributed by atoms with Crippen molar-refractivity contribution in [3.8, 4) is 10.4 Å². The molecule has 174 valence electrons. The van der Waals surface area contributed by atoms with E-state index in [0.29, 0.717) is 6.42 Å². The molecule has 1 amide bonds. The predicted molar refractivity (Wildman–Crippen MR) is 132 cm³/mol. The van der Waals surface area contributed by atoms with Gasteiger partial charge in [-0.05, 0) is 67.5 Å². The minimum absolute atomic E-state index is 0.0629. The van der Waals surface area contributed by atoms with Crippen molar-refractivity contribution in [1.82, 2.24) is 9.88 Å². The minimum atomic E-state index is -0.695. The molecular formula is C27H32N2O3S.